The number of morpholine rings is 1. The van der Waals surface area contributed by atoms with Crippen LogP contribution in [0.3, 0.4) is 0 Å². The number of phenols is 1. The summed E-state index contributed by atoms with van der Waals surface area (Å²) < 4.78 is 5.55. The molecule has 1 aromatic heterocycles. The lowest BCUT2D eigenvalue weighted by molar-refractivity contribution is -0.0701. The van der Waals surface area contributed by atoms with E-state index in [9.17, 15) is 15.3 Å². The SMILES string of the molecule is Cc1cc(C)c(-c2ccc(N3C[C@@H](CO)O[C@H](CO)C3)nn2)c(O)c1. The van der Waals surface area contributed by atoms with Gasteiger partial charge in [0.2, 0.25) is 0 Å². The summed E-state index contributed by atoms with van der Waals surface area (Å²) in [6, 6.07) is 7.34. The molecule has 0 spiro atoms. The maximum absolute atomic E-state index is 10.2. The van der Waals surface area contributed by atoms with Crippen LogP contribution in [-0.4, -0.2) is 64.0 Å². The van der Waals surface area contributed by atoms with Crippen molar-refractivity contribution in [1.29, 1.82) is 0 Å². The molecule has 2 heterocycles. The molecule has 3 N–H and O–H groups in total. The van der Waals surface area contributed by atoms with Gasteiger partial charge in [-0.3, -0.25) is 0 Å². The molecule has 1 fully saturated rings. The molecule has 0 radical (unpaired) electrons. The highest BCUT2D eigenvalue weighted by Gasteiger charge is 2.28. The van der Waals surface area contributed by atoms with Crippen LogP contribution in [0.2, 0.25) is 0 Å². The van der Waals surface area contributed by atoms with Gasteiger partial charge in [0.05, 0.1) is 31.1 Å². The number of aromatic nitrogens is 2. The van der Waals surface area contributed by atoms with Crippen molar-refractivity contribution in [2.45, 2.75) is 26.1 Å². The summed E-state index contributed by atoms with van der Waals surface area (Å²) in [6.45, 7) is 4.59. The highest BCUT2D eigenvalue weighted by molar-refractivity contribution is 5.71. The first-order valence-electron chi connectivity index (χ1n) is 8.28. The number of ether oxygens (including phenoxy) is 1. The zero-order valence-corrected chi connectivity index (χ0v) is 14.4. The van der Waals surface area contributed by atoms with E-state index in [0.29, 0.717) is 30.2 Å². The second-order valence-electron chi connectivity index (χ2n) is 6.40. The number of aliphatic hydroxyl groups excluding tert-OH is 2. The predicted octanol–water partition coefficient (Wildman–Crippen LogP) is 1.02. The van der Waals surface area contributed by atoms with Gasteiger partial charge >= 0.3 is 0 Å². The third-order valence-electron chi connectivity index (χ3n) is 4.33. The maximum atomic E-state index is 10.2. The van der Waals surface area contributed by atoms with Gasteiger partial charge in [-0.2, -0.15) is 0 Å². The van der Waals surface area contributed by atoms with Crippen LogP contribution >= 0.6 is 0 Å². The van der Waals surface area contributed by atoms with Crippen LogP contribution in [0.5, 0.6) is 5.75 Å². The molecule has 2 atom stereocenters. The quantitative estimate of drug-likeness (QED) is 0.761. The number of phenolic OH excluding ortho intramolecular Hbond substituents is 1. The molecule has 0 bridgehead atoms. The number of aromatic hydroxyl groups is 1. The lowest BCUT2D eigenvalue weighted by Gasteiger charge is -2.37. The number of hydrogen-bond donors (Lipinski definition) is 3. The molecule has 1 aromatic carbocycles. The molecule has 0 amide bonds. The molecule has 25 heavy (non-hydrogen) atoms. The Morgan fingerprint density at radius 3 is 2.28 bits per heavy atom. The third kappa shape index (κ3) is 3.73. The molecular formula is C18H23N3O4. The number of hydrogen-bond acceptors (Lipinski definition) is 7. The third-order valence-corrected chi connectivity index (χ3v) is 4.33. The van der Waals surface area contributed by atoms with Gasteiger partial charge in [-0.1, -0.05) is 6.07 Å². The Bertz CT molecular complexity index is 701. The van der Waals surface area contributed by atoms with E-state index in [-0.39, 0.29) is 31.2 Å². The Morgan fingerprint density at radius 1 is 1.08 bits per heavy atom. The van der Waals surface area contributed by atoms with Gasteiger partial charge < -0.3 is 25.0 Å². The van der Waals surface area contributed by atoms with Crippen molar-refractivity contribution in [3.63, 3.8) is 0 Å². The molecule has 0 unspecified atom stereocenters. The van der Waals surface area contributed by atoms with E-state index in [2.05, 4.69) is 10.2 Å². The van der Waals surface area contributed by atoms with Crippen molar-refractivity contribution < 1.29 is 20.1 Å². The highest BCUT2D eigenvalue weighted by atomic mass is 16.5. The Balaban J connectivity index is 1.85. The topological polar surface area (TPSA) is 98.9 Å². The summed E-state index contributed by atoms with van der Waals surface area (Å²) in [5.41, 5.74) is 3.20. The van der Waals surface area contributed by atoms with Gasteiger partial charge in [-0.15, -0.1) is 10.2 Å². The van der Waals surface area contributed by atoms with Crippen molar-refractivity contribution in [1.82, 2.24) is 10.2 Å². The lowest BCUT2D eigenvalue weighted by atomic mass is 10.0. The Kier molecular flexibility index (Phi) is 5.17. The fraction of sp³-hybridized carbons (Fsp3) is 0.444. The number of aliphatic hydroxyl groups is 2. The number of anilines is 1. The Morgan fingerprint density at radius 2 is 1.76 bits per heavy atom. The minimum atomic E-state index is -0.365. The van der Waals surface area contributed by atoms with E-state index < -0.39 is 0 Å². The molecule has 1 aliphatic heterocycles. The van der Waals surface area contributed by atoms with Crippen molar-refractivity contribution in [3.05, 3.63) is 35.4 Å². The monoisotopic (exact) mass is 345 g/mol. The van der Waals surface area contributed by atoms with Crippen molar-refractivity contribution in [3.8, 4) is 17.0 Å². The van der Waals surface area contributed by atoms with Gasteiger partial charge in [0.25, 0.3) is 0 Å². The van der Waals surface area contributed by atoms with E-state index in [4.69, 9.17) is 4.74 Å². The van der Waals surface area contributed by atoms with E-state index in [0.717, 1.165) is 11.1 Å². The number of benzene rings is 1. The normalized spacial score (nSPS) is 20.7. The van der Waals surface area contributed by atoms with Crippen molar-refractivity contribution in [2.24, 2.45) is 0 Å². The first kappa shape index (κ1) is 17.6. The summed E-state index contributed by atoms with van der Waals surface area (Å²) in [7, 11) is 0. The van der Waals surface area contributed by atoms with E-state index in [1.54, 1.807) is 6.07 Å². The van der Waals surface area contributed by atoms with E-state index in [1.807, 2.05) is 36.9 Å². The summed E-state index contributed by atoms with van der Waals surface area (Å²) in [5, 5.41) is 37.4. The molecule has 0 saturated carbocycles. The first-order chi connectivity index (χ1) is 12.0. The molecule has 0 aliphatic carbocycles. The minimum Gasteiger partial charge on any atom is -0.507 e. The lowest BCUT2D eigenvalue weighted by Crippen LogP contribution is -2.50. The fourth-order valence-electron chi connectivity index (χ4n) is 3.22. The largest absolute Gasteiger partial charge is 0.507 e. The Labute approximate surface area is 146 Å². The van der Waals surface area contributed by atoms with Crippen molar-refractivity contribution >= 4 is 5.82 Å². The van der Waals surface area contributed by atoms with Crippen LogP contribution in [0.4, 0.5) is 5.82 Å². The highest BCUT2D eigenvalue weighted by Crippen LogP contribution is 2.32. The summed E-state index contributed by atoms with van der Waals surface area (Å²) in [5.74, 6) is 0.833. The Hall–Kier alpha value is -2.22. The van der Waals surface area contributed by atoms with Gasteiger partial charge in [-0.05, 0) is 43.2 Å². The second-order valence-corrected chi connectivity index (χ2v) is 6.40. The van der Waals surface area contributed by atoms with E-state index in [1.165, 1.54) is 0 Å². The van der Waals surface area contributed by atoms with Gasteiger partial charge in [-0.25, -0.2) is 0 Å². The summed E-state index contributed by atoms with van der Waals surface area (Å²) >= 11 is 0. The number of aryl methyl sites for hydroxylation is 2. The smallest absolute Gasteiger partial charge is 0.151 e. The van der Waals surface area contributed by atoms with E-state index >= 15 is 0 Å². The molecule has 1 saturated heterocycles. The van der Waals surface area contributed by atoms with Crippen LogP contribution in [0.25, 0.3) is 11.3 Å². The second kappa shape index (κ2) is 7.35. The molecule has 7 heteroatoms. The molecular weight excluding hydrogens is 322 g/mol. The molecule has 1 aliphatic rings. The van der Waals surface area contributed by atoms with Crippen LogP contribution in [0.1, 0.15) is 11.1 Å². The van der Waals surface area contributed by atoms with Crippen LogP contribution in [-0.2, 0) is 4.74 Å². The average Bonchev–Trinajstić information content (AvgIpc) is 2.61. The molecule has 134 valence electrons. The van der Waals surface area contributed by atoms with Crippen LogP contribution < -0.4 is 4.90 Å². The average molecular weight is 345 g/mol. The molecule has 3 rings (SSSR count). The standard InChI is InChI=1S/C18H23N3O4/c1-11-5-12(2)18(16(24)6-11)15-3-4-17(20-19-15)21-7-13(9-22)25-14(8-21)10-23/h3-6,13-14,22-24H,7-10H2,1-2H3/t13-,14-/m0/s1. The van der Waals surface area contributed by atoms with Gasteiger partial charge in [0, 0.05) is 18.7 Å². The number of nitrogens with zero attached hydrogens (tertiary/aromatic N) is 3. The summed E-state index contributed by atoms with van der Waals surface area (Å²) in [6.07, 6.45) is -0.730. The molecule has 2 aromatic rings. The van der Waals surface area contributed by atoms with Crippen LogP contribution in [0, 0.1) is 13.8 Å². The van der Waals surface area contributed by atoms with Gasteiger partial charge in [0.1, 0.15) is 5.75 Å². The zero-order valence-electron chi connectivity index (χ0n) is 14.4. The predicted molar refractivity (Wildman–Crippen MR) is 93.7 cm³/mol. The summed E-state index contributed by atoms with van der Waals surface area (Å²) in [4.78, 5) is 1.93. The van der Waals surface area contributed by atoms with Gasteiger partial charge in [0.15, 0.2) is 5.82 Å². The molecule has 7 nitrogen and oxygen atoms in total. The van der Waals surface area contributed by atoms with Crippen LogP contribution in [0.15, 0.2) is 24.3 Å². The fourth-order valence-corrected chi connectivity index (χ4v) is 3.22. The number of rotatable bonds is 4. The minimum absolute atomic E-state index is 0.116. The first-order valence-corrected chi connectivity index (χ1v) is 8.28. The zero-order chi connectivity index (χ0) is 18.0. The van der Waals surface area contributed by atoms with Crippen molar-refractivity contribution in [2.75, 3.05) is 31.2 Å². The maximum Gasteiger partial charge on any atom is 0.151 e.